The van der Waals surface area contributed by atoms with Gasteiger partial charge in [-0.05, 0) is 45.2 Å². The molecule has 0 unspecified atom stereocenters. The molecule has 2 aliphatic rings. The molecule has 1 aromatic heterocycles. The Labute approximate surface area is 181 Å². The number of esters is 1. The maximum atomic E-state index is 13.6. The summed E-state index contributed by atoms with van der Waals surface area (Å²) < 4.78 is 6.56. The Morgan fingerprint density at radius 2 is 1.87 bits per heavy atom. The Bertz CT molecular complexity index is 851. The minimum absolute atomic E-state index is 0.0704. The number of aromatic nitrogens is 1. The van der Waals surface area contributed by atoms with Gasteiger partial charge in [-0.1, -0.05) is 0 Å². The first-order chi connectivity index (χ1) is 14.7. The van der Waals surface area contributed by atoms with Crippen LogP contribution in [0.25, 0.3) is 0 Å². The molecule has 2 N–H and O–H groups in total. The number of rotatable bonds is 5. The molecule has 0 aromatic carbocycles. The Morgan fingerprint density at radius 1 is 1.13 bits per heavy atom. The highest BCUT2D eigenvalue weighted by Crippen LogP contribution is 2.27. The molecule has 2 aliphatic heterocycles. The molecule has 0 spiro atoms. The number of ether oxygens (including phenoxy) is 1. The van der Waals surface area contributed by atoms with Gasteiger partial charge in [0.15, 0.2) is 0 Å². The summed E-state index contributed by atoms with van der Waals surface area (Å²) >= 11 is 0. The zero-order chi connectivity index (χ0) is 22.7. The fourth-order valence-electron chi connectivity index (χ4n) is 4.36. The highest BCUT2D eigenvalue weighted by atomic mass is 16.5. The van der Waals surface area contributed by atoms with E-state index >= 15 is 0 Å². The Hall–Kier alpha value is -3.04. The van der Waals surface area contributed by atoms with Gasteiger partial charge < -0.3 is 29.7 Å². The number of likely N-dealkylation sites (tertiary alicyclic amines) is 2. The summed E-state index contributed by atoms with van der Waals surface area (Å²) in [5.74, 6) is -1.10. The van der Waals surface area contributed by atoms with Crippen molar-refractivity contribution in [3.63, 3.8) is 0 Å². The van der Waals surface area contributed by atoms with Crippen molar-refractivity contribution < 1.29 is 23.9 Å². The molecular formula is C21H31N5O5. The maximum Gasteiger partial charge on any atom is 0.328 e. The summed E-state index contributed by atoms with van der Waals surface area (Å²) in [6, 6.07) is 0.870. The second kappa shape index (κ2) is 9.40. The van der Waals surface area contributed by atoms with E-state index in [0.717, 1.165) is 0 Å². The second-order valence-corrected chi connectivity index (χ2v) is 8.33. The molecule has 10 nitrogen and oxygen atoms in total. The molecule has 3 atom stereocenters. The lowest BCUT2D eigenvalue weighted by molar-refractivity contribution is -0.152. The van der Waals surface area contributed by atoms with Crippen LogP contribution in [0.4, 0.5) is 4.79 Å². The van der Waals surface area contributed by atoms with Crippen LogP contribution in [0.3, 0.4) is 0 Å². The van der Waals surface area contributed by atoms with Crippen molar-refractivity contribution in [3.8, 4) is 0 Å². The van der Waals surface area contributed by atoms with Gasteiger partial charge >= 0.3 is 12.0 Å². The minimum atomic E-state index is -0.898. The summed E-state index contributed by atoms with van der Waals surface area (Å²) in [5.41, 5.74) is 0.455. The Kier molecular flexibility index (Phi) is 6.87. The zero-order valence-corrected chi connectivity index (χ0v) is 18.5. The van der Waals surface area contributed by atoms with Crippen molar-refractivity contribution in [2.45, 2.75) is 57.3 Å². The summed E-state index contributed by atoms with van der Waals surface area (Å²) in [5, 5.41) is 5.61. The Morgan fingerprint density at radius 3 is 2.48 bits per heavy atom. The van der Waals surface area contributed by atoms with Gasteiger partial charge in [-0.15, -0.1) is 0 Å². The number of carbonyl (C=O) groups is 4. The fraction of sp³-hybridized carbons (Fsp3) is 0.619. The lowest BCUT2D eigenvalue weighted by atomic mass is 10.1. The average Bonchev–Trinajstić information content (AvgIpc) is 3.45. The molecule has 2 saturated heterocycles. The first-order valence-electron chi connectivity index (χ1n) is 10.6. The summed E-state index contributed by atoms with van der Waals surface area (Å²) in [7, 11) is 3.06. The van der Waals surface area contributed by atoms with Crippen LogP contribution in [0.15, 0.2) is 18.3 Å². The van der Waals surface area contributed by atoms with Gasteiger partial charge in [0, 0.05) is 32.4 Å². The number of urea groups is 1. The molecule has 3 heterocycles. The molecule has 2 fully saturated rings. The van der Waals surface area contributed by atoms with Gasteiger partial charge in [-0.2, -0.15) is 0 Å². The normalized spacial score (nSPS) is 23.2. The van der Waals surface area contributed by atoms with E-state index in [1.807, 2.05) is 13.8 Å². The smallest absolute Gasteiger partial charge is 0.328 e. The van der Waals surface area contributed by atoms with Crippen molar-refractivity contribution in [1.82, 2.24) is 25.0 Å². The quantitative estimate of drug-likeness (QED) is 0.656. The number of hydrogen-bond donors (Lipinski definition) is 2. The molecular weight excluding hydrogens is 402 g/mol. The van der Waals surface area contributed by atoms with Crippen LogP contribution in [-0.2, 0) is 21.4 Å². The third kappa shape index (κ3) is 4.67. The van der Waals surface area contributed by atoms with Crippen molar-refractivity contribution in [3.05, 3.63) is 24.0 Å². The van der Waals surface area contributed by atoms with E-state index in [1.54, 1.807) is 29.9 Å². The van der Waals surface area contributed by atoms with E-state index in [0.29, 0.717) is 38.0 Å². The standard InChI is InChI=1S/C21H31N5O5/c1-13(2)22-21(30)23-14-9-12-26(18(27)15-7-5-10-24(15)3)17(14)19(28)25-11-6-8-16(25)20(29)31-4/h5,7,10,13-14,16-17H,6,8-9,11-12H2,1-4H3,(H2,22,23,30)/t14-,16-,17+/m1/s1. The van der Waals surface area contributed by atoms with Crippen molar-refractivity contribution >= 4 is 23.8 Å². The number of amides is 4. The average molecular weight is 434 g/mol. The topological polar surface area (TPSA) is 113 Å². The third-order valence-corrected chi connectivity index (χ3v) is 5.82. The first-order valence-corrected chi connectivity index (χ1v) is 10.6. The molecule has 1 aromatic rings. The van der Waals surface area contributed by atoms with Crippen LogP contribution in [0.1, 0.15) is 43.6 Å². The number of carbonyl (C=O) groups excluding carboxylic acids is 4. The van der Waals surface area contributed by atoms with Crippen LogP contribution in [0.5, 0.6) is 0 Å². The van der Waals surface area contributed by atoms with Crippen molar-refractivity contribution in [2.24, 2.45) is 7.05 Å². The number of nitrogens with one attached hydrogen (secondary N) is 2. The van der Waals surface area contributed by atoms with Crippen LogP contribution >= 0.6 is 0 Å². The summed E-state index contributed by atoms with van der Waals surface area (Å²) in [6.45, 7) is 4.41. The molecule has 3 rings (SSSR count). The predicted molar refractivity (Wildman–Crippen MR) is 112 cm³/mol. The van der Waals surface area contributed by atoms with E-state index in [1.165, 1.54) is 16.9 Å². The SMILES string of the molecule is COC(=O)[C@H]1CCCN1C(=O)[C@@H]1[C@H](NC(=O)NC(C)C)CCN1C(=O)c1cccn1C. The molecule has 0 radical (unpaired) electrons. The maximum absolute atomic E-state index is 13.6. The first kappa shape index (κ1) is 22.6. The lowest BCUT2D eigenvalue weighted by Gasteiger charge is -2.33. The van der Waals surface area contributed by atoms with Gasteiger partial charge in [-0.25, -0.2) is 9.59 Å². The molecule has 4 amide bonds. The van der Waals surface area contributed by atoms with Gasteiger partial charge in [0.05, 0.1) is 13.2 Å². The van der Waals surface area contributed by atoms with Gasteiger partial charge in [0.25, 0.3) is 5.91 Å². The number of hydrogen-bond acceptors (Lipinski definition) is 5. The third-order valence-electron chi connectivity index (χ3n) is 5.82. The number of methoxy groups -OCH3 is 1. The van der Waals surface area contributed by atoms with Crippen molar-refractivity contribution in [2.75, 3.05) is 20.2 Å². The van der Waals surface area contributed by atoms with Gasteiger partial charge in [0.1, 0.15) is 17.8 Å². The lowest BCUT2D eigenvalue weighted by Crippen LogP contribution is -2.58. The highest BCUT2D eigenvalue weighted by molar-refractivity contribution is 5.98. The Balaban J connectivity index is 1.88. The fourth-order valence-corrected chi connectivity index (χ4v) is 4.36. The monoisotopic (exact) mass is 433 g/mol. The largest absolute Gasteiger partial charge is 0.467 e. The van der Waals surface area contributed by atoms with Crippen molar-refractivity contribution in [1.29, 1.82) is 0 Å². The summed E-state index contributed by atoms with van der Waals surface area (Å²) in [4.78, 5) is 54.4. The van der Waals surface area contributed by atoms with Crippen LogP contribution in [0, 0.1) is 0 Å². The molecule has 10 heteroatoms. The van der Waals surface area contributed by atoms with Crippen LogP contribution < -0.4 is 10.6 Å². The minimum Gasteiger partial charge on any atom is -0.467 e. The molecule has 31 heavy (non-hydrogen) atoms. The highest BCUT2D eigenvalue weighted by Gasteiger charge is 2.48. The molecule has 170 valence electrons. The van der Waals surface area contributed by atoms with E-state index in [9.17, 15) is 19.2 Å². The molecule has 0 bridgehead atoms. The number of aryl methyl sites for hydroxylation is 1. The van der Waals surface area contributed by atoms with E-state index in [2.05, 4.69) is 10.6 Å². The molecule has 0 aliphatic carbocycles. The van der Waals surface area contributed by atoms with E-state index in [-0.39, 0.29) is 17.9 Å². The predicted octanol–water partition coefficient (Wildman–Crippen LogP) is 0.480. The van der Waals surface area contributed by atoms with E-state index in [4.69, 9.17) is 4.74 Å². The second-order valence-electron chi connectivity index (χ2n) is 8.33. The molecule has 0 saturated carbocycles. The van der Waals surface area contributed by atoms with Gasteiger partial charge in [0.2, 0.25) is 5.91 Å². The van der Waals surface area contributed by atoms with Gasteiger partial charge in [-0.3, -0.25) is 9.59 Å². The van der Waals surface area contributed by atoms with Crippen LogP contribution in [-0.4, -0.2) is 82.5 Å². The zero-order valence-electron chi connectivity index (χ0n) is 18.5. The number of nitrogens with zero attached hydrogens (tertiary/aromatic N) is 3. The summed E-state index contributed by atoms with van der Waals surface area (Å²) in [6.07, 6.45) is 3.40. The van der Waals surface area contributed by atoms with Crippen LogP contribution in [0.2, 0.25) is 0 Å². The van der Waals surface area contributed by atoms with E-state index < -0.39 is 30.1 Å².